The molecule has 0 bridgehead atoms. The van der Waals surface area contributed by atoms with E-state index in [1.807, 2.05) is 13.0 Å². The van der Waals surface area contributed by atoms with Crippen LogP contribution in [0, 0.1) is 12.8 Å². The lowest BCUT2D eigenvalue weighted by Crippen LogP contribution is -2.10. The minimum Gasteiger partial charge on any atom is -0.508 e. The van der Waals surface area contributed by atoms with Crippen LogP contribution in [0.25, 0.3) is 0 Å². The van der Waals surface area contributed by atoms with Gasteiger partial charge in [-0.15, -0.1) is 0 Å². The standard InChI is InChI=1S/C12H16BrNO/c1-8-11(13)5-10(6-12(8)15)4-9-2-3-14-7-9/h5-6,9,14-15H,2-4,7H2,1H3. The van der Waals surface area contributed by atoms with Crippen molar-refractivity contribution in [1.82, 2.24) is 5.32 Å². The van der Waals surface area contributed by atoms with Crippen molar-refractivity contribution >= 4 is 15.9 Å². The van der Waals surface area contributed by atoms with Gasteiger partial charge in [-0.05, 0) is 56.5 Å². The van der Waals surface area contributed by atoms with Crippen LogP contribution in [0.2, 0.25) is 0 Å². The molecule has 1 saturated heterocycles. The maximum atomic E-state index is 9.71. The quantitative estimate of drug-likeness (QED) is 0.865. The summed E-state index contributed by atoms with van der Waals surface area (Å²) < 4.78 is 1.00. The van der Waals surface area contributed by atoms with Crippen molar-refractivity contribution < 1.29 is 5.11 Å². The van der Waals surface area contributed by atoms with E-state index in [1.54, 1.807) is 0 Å². The molecule has 15 heavy (non-hydrogen) atoms. The van der Waals surface area contributed by atoms with E-state index in [0.29, 0.717) is 5.75 Å². The summed E-state index contributed by atoms with van der Waals surface area (Å²) >= 11 is 3.47. The molecule has 1 aromatic carbocycles. The van der Waals surface area contributed by atoms with Crippen molar-refractivity contribution in [1.29, 1.82) is 0 Å². The molecule has 3 heteroatoms. The van der Waals surface area contributed by atoms with Crippen LogP contribution in [-0.4, -0.2) is 18.2 Å². The number of nitrogens with one attached hydrogen (secondary N) is 1. The molecule has 0 aliphatic carbocycles. The average Bonchev–Trinajstić information content (AvgIpc) is 2.66. The van der Waals surface area contributed by atoms with Gasteiger partial charge >= 0.3 is 0 Å². The maximum Gasteiger partial charge on any atom is 0.119 e. The number of phenolic OH excluding ortho intramolecular Hbond substituents is 1. The molecule has 1 atom stereocenters. The number of phenols is 1. The van der Waals surface area contributed by atoms with E-state index in [4.69, 9.17) is 0 Å². The van der Waals surface area contributed by atoms with Gasteiger partial charge in [-0.25, -0.2) is 0 Å². The molecule has 1 aromatic rings. The molecule has 1 aliphatic rings. The summed E-state index contributed by atoms with van der Waals surface area (Å²) in [5.41, 5.74) is 2.14. The normalized spacial score (nSPS) is 20.8. The Morgan fingerprint density at radius 1 is 1.53 bits per heavy atom. The molecule has 1 aliphatic heterocycles. The Kier molecular flexibility index (Phi) is 3.32. The van der Waals surface area contributed by atoms with Gasteiger partial charge in [0.05, 0.1) is 0 Å². The lowest BCUT2D eigenvalue weighted by atomic mass is 9.98. The third-order valence-corrected chi connectivity index (χ3v) is 3.89. The molecule has 0 aromatic heterocycles. The summed E-state index contributed by atoms with van der Waals surface area (Å²) in [6.45, 7) is 4.15. The predicted octanol–water partition coefficient (Wildman–Crippen LogP) is 2.62. The minimum absolute atomic E-state index is 0.394. The average molecular weight is 270 g/mol. The van der Waals surface area contributed by atoms with Gasteiger partial charge in [0.15, 0.2) is 0 Å². The van der Waals surface area contributed by atoms with Gasteiger partial charge < -0.3 is 10.4 Å². The molecule has 1 fully saturated rings. The molecule has 0 saturated carbocycles. The van der Waals surface area contributed by atoms with E-state index < -0.39 is 0 Å². The summed E-state index contributed by atoms with van der Waals surface area (Å²) in [7, 11) is 0. The predicted molar refractivity (Wildman–Crippen MR) is 65.2 cm³/mol. The summed E-state index contributed by atoms with van der Waals surface area (Å²) in [4.78, 5) is 0. The Bertz CT molecular complexity index is 336. The SMILES string of the molecule is Cc1c(O)cc(CC2CCNC2)cc1Br. The molecule has 2 rings (SSSR count). The van der Waals surface area contributed by atoms with Crippen LogP contribution < -0.4 is 5.32 Å². The third kappa shape index (κ3) is 2.52. The van der Waals surface area contributed by atoms with Gasteiger partial charge in [-0.2, -0.15) is 0 Å². The van der Waals surface area contributed by atoms with Crippen LogP contribution in [0.15, 0.2) is 16.6 Å². The highest BCUT2D eigenvalue weighted by Crippen LogP contribution is 2.28. The maximum absolute atomic E-state index is 9.71. The fourth-order valence-corrected chi connectivity index (χ4v) is 2.56. The summed E-state index contributed by atoms with van der Waals surface area (Å²) in [5.74, 6) is 1.12. The molecular weight excluding hydrogens is 254 g/mol. The van der Waals surface area contributed by atoms with Crippen molar-refractivity contribution in [2.24, 2.45) is 5.92 Å². The first-order valence-corrected chi connectivity index (χ1v) is 6.15. The summed E-state index contributed by atoms with van der Waals surface area (Å²) in [6, 6.07) is 4.01. The second-order valence-corrected chi connectivity index (χ2v) is 5.14. The zero-order valence-electron chi connectivity index (χ0n) is 8.89. The van der Waals surface area contributed by atoms with Gasteiger partial charge in [-0.1, -0.05) is 15.9 Å². The number of halogens is 1. The monoisotopic (exact) mass is 269 g/mol. The number of hydrogen-bond acceptors (Lipinski definition) is 2. The minimum atomic E-state index is 0.394. The highest BCUT2D eigenvalue weighted by atomic mass is 79.9. The Labute approximate surface area is 98.8 Å². The van der Waals surface area contributed by atoms with Crippen LogP contribution >= 0.6 is 15.9 Å². The lowest BCUT2D eigenvalue weighted by molar-refractivity contribution is 0.468. The van der Waals surface area contributed by atoms with E-state index in [2.05, 4.69) is 27.3 Å². The highest BCUT2D eigenvalue weighted by molar-refractivity contribution is 9.10. The Morgan fingerprint density at radius 3 is 2.93 bits per heavy atom. The van der Waals surface area contributed by atoms with Gasteiger partial charge in [0, 0.05) is 10.0 Å². The molecule has 2 N–H and O–H groups in total. The van der Waals surface area contributed by atoms with E-state index in [9.17, 15) is 5.11 Å². The Hall–Kier alpha value is -0.540. The first kappa shape index (κ1) is 11.0. The smallest absolute Gasteiger partial charge is 0.119 e. The third-order valence-electron chi connectivity index (χ3n) is 3.06. The number of rotatable bonds is 2. The van der Waals surface area contributed by atoms with Crippen LogP contribution in [0.5, 0.6) is 5.75 Å². The first-order valence-electron chi connectivity index (χ1n) is 5.35. The van der Waals surface area contributed by atoms with Crippen LogP contribution in [0.1, 0.15) is 17.5 Å². The van der Waals surface area contributed by atoms with Gasteiger partial charge in [0.25, 0.3) is 0 Å². The van der Waals surface area contributed by atoms with Crippen LogP contribution in [0.3, 0.4) is 0 Å². The second kappa shape index (κ2) is 4.54. The topological polar surface area (TPSA) is 32.3 Å². The van der Waals surface area contributed by atoms with E-state index in [1.165, 1.54) is 12.0 Å². The van der Waals surface area contributed by atoms with Crippen molar-refractivity contribution in [2.45, 2.75) is 19.8 Å². The van der Waals surface area contributed by atoms with E-state index in [0.717, 1.165) is 35.5 Å². The summed E-state index contributed by atoms with van der Waals surface area (Å²) in [5, 5.41) is 13.1. The van der Waals surface area contributed by atoms with E-state index >= 15 is 0 Å². The number of benzene rings is 1. The number of aromatic hydroxyl groups is 1. The van der Waals surface area contributed by atoms with E-state index in [-0.39, 0.29) is 0 Å². The van der Waals surface area contributed by atoms with Gasteiger partial charge in [0.2, 0.25) is 0 Å². The second-order valence-electron chi connectivity index (χ2n) is 4.28. The Morgan fingerprint density at radius 2 is 2.33 bits per heavy atom. The van der Waals surface area contributed by atoms with Gasteiger partial charge in [0.1, 0.15) is 5.75 Å². The molecule has 1 heterocycles. The lowest BCUT2D eigenvalue weighted by Gasteiger charge is -2.10. The molecule has 0 radical (unpaired) electrons. The molecule has 1 unspecified atom stereocenters. The molecular formula is C12H16BrNO. The zero-order chi connectivity index (χ0) is 10.8. The molecule has 2 nitrogen and oxygen atoms in total. The first-order chi connectivity index (χ1) is 7.16. The van der Waals surface area contributed by atoms with Crippen LogP contribution in [0.4, 0.5) is 0 Å². The van der Waals surface area contributed by atoms with Crippen molar-refractivity contribution in [3.63, 3.8) is 0 Å². The van der Waals surface area contributed by atoms with Crippen molar-refractivity contribution in [3.8, 4) is 5.75 Å². The highest BCUT2D eigenvalue weighted by Gasteiger charge is 2.15. The van der Waals surface area contributed by atoms with Crippen molar-refractivity contribution in [3.05, 3.63) is 27.7 Å². The fraction of sp³-hybridized carbons (Fsp3) is 0.500. The largest absolute Gasteiger partial charge is 0.508 e. The Balaban J connectivity index is 2.14. The molecule has 0 spiro atoms. The molecule has 0 amide bonds. The van der Waals surface area contributed by atoms with Crippen molar-refractivity contribution in [2.75, 3.05) is 13.1 Å². The molecule has 82 valence electrons. The summed E-state index contributed by atoms with van der Waals surface area (Å²) in [6.07, 6.45) is 2.30. The zero-order valence-corrected chi connectivity index (χ0v) is 10.5. The van der Waals surface area contributed by atoms with Gasteiger partial charge in [-0.3, -0.25) is 0 Å². The van der Waals surface area contributed by atoms with Crippen LogP contribution in [-0.2, 0) is 6.42 Å². The number of hydrogen-bond donors (Lipinski definition) is 2. The fourth-order valence-electron chi connectivity index (χ4n) is 2.06.